The lowest BCUT2D eigenvalue weighted by atomic mass is 10.0. The number of fused-ring (bicyclic) bond motifs is 1. The number of esters is 1. The molecule has 4 rings (SSSR count). The molecular formula is C24H25Cl2NO4. The molecule has 7 heteroatoms. The third-order valence-electron chi connectivity index (χ3n) is 5.62. The van der Waals surface area contributed by atoms with Crippen LogP contribution in [-0.4, -0.2) is 30.2 Å². The van der Waals surface area contributed by atoms with Gasteiger partial charge >= 0.3 is 5.97 Å². The van der Waals surface area contributed by atoms with Crippen molar-refractivity contribution < 1.29 is 13.9 Å². The third-order valence-corrected chi connectivity index (χ3v) is 5.84. The van der Waals surface area contributed by atoms with Crippen LogP contribution in [0.25, 0.3) is 22.3 Å². The number of hydrogen-bond donors (Lipinski definition) is 0. The average molecular weight is 462 g/mol. The van der Waals surface area contributed by atoms with Gasteiger partial charge in [0, 0.05) is 29.2 Å². The summed E-state index contributed by atoms with van der Waals surface area (Å²) >= 11 is 6.24. The summed E-state index contributed by atoms with van der Waals surface area (Å²) in [6, 6.07) is 12.4. The Hall–Kier alpha value is -2.34. The van der Waals surface area contributed by atoms with Crippen LogP contribution in [0.5, 0.6) is 0 Å². The Kier molecular flexibility index (Phi) is 7.42. The highest BCUT2D eigenvalue weighted by Gasteiger charge is 2.24. The predicted molar refractivity (Wildman–Crippen MR) is 125 cm³/mol. The number of carbonyl (C=O) groups is 1. The van der Waals surface area contributed by atoms with E-state index in [1.165, 1.54) is 18.6 Å². The standard InChI is InChI=1S/C24H24ClNO4.ClH/c1-15-21(27)19-13-18(25)14-20(23(19)30-22(15)17-9-5-3-6-10-17)24(28)29-16(2)26-11-7-4-8-12-26;/h3,5-6,9-10,13-14,16H,4,7-8,11-12H2,1-2H3;1H. The zero-order valence-corrected chi connectivity index (χ0v) is 19.1. The summed E-state index contributed by atoms with van der Waals surface area (Å²) in [7, 11) is 0. The molecule has 0 N–H and O–H groups in total. The molecule has 31 heavy (non-hydrogen) atoms. The van der Waals surface area contributed by atoms with Crippen molar-refractivity contribution >= 4 is 40.9 Å². The van der Waals surface area contributed by atoms with E-state index in [0.717, 1.165) is 31.5 Å². The Bertz CT molecular complexity index is 1140. The Morgan fingerprint density at radius 2 is 1.81 bits per heavy atom. The molecule has 2 heterocycles. The Morgan fingerprint density at radius 3 is 2.48 bits per heavy atom. The summed E-state index contributed by atoms with van der Waals surface area (Å²) in [5, 5.41) is 0.566. The number of rotatable bonds is 4. The van der Waals surface area contributed by atoms with E-state index in [2.05, 4.69) is 4.90 Å². The van der Waals surface area contributed by atoms with Crippen molar-refractivity contribution in [1.82, 2.24) is 4.90 Å². The van der Waals surface area contributed by atoms with Gasteiger partial charge in [-0.05, 0) is 38.8 Å². The predicted octanol–water partition coefficient (Wildman–Crippen LogP) is 5.83. The highest BCUT2D eigenvalue weighted by atomic mass is 35.5. The monoisotopic (exact) mass is 461 g/mol. The van der Waals surface area contributed by atoms with Crippen molar-refractivity contribution in [3.8, 4) is 11.3 Å². The fourth-order valence-electron chi connectivity index (χ4n) is 3.95. The second kappa shape index (κ2) is 9.86. The molecule has 1 aliphatic rings. The van der Waals surface area contributed by atoms with Crippen molar-refractivity contribution in [3.05, 3.63) is 68.8 Å². The summed E-state index contributed by atoms with van der Waals surface area (Å²) in [5.41, 5.74) is 1.39. The van der Waals surface area contributed by atoms with Gasteiger partial charge in [-0.25, -0.2) is 4.79 Å². The van der Waals surface area contributed by atoms with E-state index in [-0.39, 0.29) is 40.6 Å². The fraction of sp³-hybridized carbons (Fsp3) is 0.333. The maximum Gasteiger partial charge on any atom is 0.343 e. The molecule has 1 fully saturated rings. The molecule has 0 bridgehead atoms. The minimum absolute atomic E-state index is 0. The summed E-state index contributed by atoms with van der Waals surface area (Å²) in [4.78, 5) is 28.2. The van der Waals surface area contributed by atoms with Crippen LogP contribution >= 0.6 is 24.0 Å². The lowest BCUT2D eigenvalue weighted by molar-refractivity contribution is -0.0297. The average Bonchev–Trinajstić information content (AvgIpc) is 2.77. The number of piperidine rings is 1. The zero-order valence-electron chi connectivity index (χ0n) is 17.5. The van der Waals surface area contributed by atoms with Gasteiger partial charge in [-0.15, -0.1) is 12.4 Å². The fourth-order valence-corrected chi connectivity index (χ4v) is 4.17. The van der Waals surface area contributed by atoms with Crippen LogP contribution in [0.2, 0.25) is 5.02 Å². The maximum absolute atomic E-state index is 13.0. The molecule has 0 amide bonds. The minimum atomic E-state index is -0.549. The zero-order chi connectivity index (χ0) is 21.3. The SMILES string of the molecule is Cc1c(-c2ccccc2)oc2c(C(=O)OC(C)N3CCCCC3)cc(Cl)cc2c1=O.Cl. The normalized spacial score (nSPS) is 15.3. The van der Waals surface area contributed by atoms with E-state index in [1.54, 1.807) is 6.92 Å². The van der Waals surface area contributed by atoms with Crippen molar-refractivity contribution in [2.45, 2.75) is 39.3 Å². The van der Waals surface area contributed by atoms with Gasteiger partial charge in [0.15, 0.2) is 17.2 Å². The number of benzene rings is 2. The van der Waals surface area contributed by atoms with Gasteiger partial charge < -0.3 is 9.15 Å². The molecule has 164 valence electrons. The molecule has 1 atom stereocenters. The van der Waals surface area contributed by atoms with Gasteiger partial charge in [-0.3, -0.25) is 9.69 Å². The van der Waals surface area contributed by atoms with E-state index in [4.69, 9.17) is 20.8 Å². The molecule has 1 aromatic heterocycles. The van der Waals surface area contributed by atoms with E-state index in [0.29, 0.717) is 16.3 Å². The molecule has 3 aromatic rings. The quantitative estimate of drug-likeness (QED) is 0.457. The Balaban J connectivity index is 0.00000272. The topological polar surface area (TPSA) is 59.8 Å². The summed E-state index contributed by atoms with van der Waals surface area (Å²) in [5.74, 6) is -0.111. The largest absolute Gasteiger partial charge is 0.455 e. The molecule has 1 aliphatic heterocycles. The van der Waals surface area contributed by atoms with E-state index >= 15 is 0 Å². The first-order valence-corrected chi connectivity index (χ1v) is 10.6. The number of halogens is 2. The maximum atomic E-state index is 13.0. The van der Waals surface area contributed by atoms with Crippen LogP contribution in [0.1, 0.15) is 42.1 Å². The molecule has 2 aromatic carbocycles. The molecule has 0 spiro atoms. The van der Waals surface area contributed by atoms with Gasteiger partial charge in [0.25, 0.3) is 0 Å². The number of likely N-dealkylation sites (tertiary alicyclic amines) is 1. The number of nitrogens with zero attached hydrogens (tertiary/aromatic N) is 1. The molecule has 0 saturated carbocycles. The minimum Gasteiger partial charge on any atom is -0.455 e. The summed E-state index contributed by atoms with van der Waals surface area (Å²) < 4.78 is 11.8. The first kappa shape index (κ1) is 23.3. The van der Waals surface area contributed by atoms with Crippen molar-refractivity contribution in [3.63, 3.8) is 0 Å². The smallest absolute Gasteiger partial charge is 0.343 e. The molecule has 5 nitrogen and oxygen atoms in total. The van der Waals surface area contributed by atoms with Crippen LogP contribution in [0.4, 0.5) is 0 Å². The lowest BCUT2D eigenvalue weighted by Crippen LogP contribution is -2.40. The van der Waals surface area contributed by atoms with Crippen LogP contribution in [0.15, 0.2) is 51.7 Å². The van der Waals surface area contributed by atoms with E-state index in [9.17, 15) is 9.59 Å². The molecular weight excluding hydrogens is 437 g/mol. The van der Waals surface area contributed by atoms with Crippen LogP contribution in [0.3, 0.4) is 0 Å². The third kappa shape index (κ3) is 4.79. The van der Waals surface area contributed by atoms with E-state index < -0.39 is 5.97 Å². The molecule has 0 radical (unpaired) electrons. The first-order chi connectivity index (χ1) is 14.5. The van der Waals surface area contributed by atoms with Crippen molar-refractivity contribution in [1.29, 1.82) is 0 Å². The Morgan fingerprint density at radius 1 is 1.13 bits per heavy atom. The van der Waals surface area contributed by atoms with Crippen LogP contribution in [0, 0.1) is 6.92 Å². The molecule has 0 aliphatic carbocycles. The van der Waals surface area contributed by atoms with Gasteiger partial charge in [0.1, 0.15) is 11.3 Å². The van der Waals surface area contributed by atoms with Gasteiger partial charge in [0.05, 0.1) is 5.39 Å². The van der Waals surface area contributed by atoms with Gasteiger partial charge in [-0.1, -0.05) is 48.4 Å². The number of hydrogen-bond acceptors (Lipinski definition) is 5. The van der Waals surface area contributed by atoms with Crippen LogP contribution in [-0.2, 0) is 4.74 Å². The Labute approximate surface area is 192 Å². The summed E-state index contributed by atoms with van der Waals surface area (Å²) in [6.45, 7) is 5.38. The van der Waals surface area contributed by atoms with Gasteiger partial charge in [0.2, 0.25) is 0 Å². The summed E-state index contributed by atoms with van der Waals surface area (Å²) in [6.07, 6.45) is 3.02. The number of carbonyl (C=O) groups excluding carboxylic acids is 1. The second-order valence-electron chi connectivity index (χ2n) is 7.68. The first-order valence-electron chi connectivity index (χ1n) is 10.2. The highest BCUT2D eigenvalue weighted by molar-refractivity contribution is 6.32. The van der Waals surface area contributed by atoms with E-state index in [1.807, 2.05) is 37.3 Å². The van der Waals surface area contributed by atoms with Gasteiger partial charge in [-0.2, -0.15) is 0 Å². The number of ether oxygens (including phenoxy) is 1. The van der Waals surface area contributed by atoms with Crippen LogP contribution < -0.4 is 5.43 Å². The van der Waals surface area contributed by atoms with Crippen molar-refractivity contribution in [2.75, 3.05) is 13.1 Å². The molecule has 1 unspecified atom stereocenters. The molecule has 1 saturated heterocycles. The lowest BCUT2D eigenvalue weighted by Gasteiger charge is -2.31. The second-order valence-corrected chi connectivity index (χ2v) is 8.12. The van der Waals surface area contributed by atoms with Crippen molar-refractivity contribution in [2.24, 2.45) is 0 Å². The highest BCUT2D eigenvalue weighted by Crippen LogP contribution is 2.30.